The van der Waals surface area contributed by atoms with E-state index in [2.05, 4.69) is 0 Å². The number of carboxylic acids is 1. The van der Waals surface area contributed by atoms with Gasteiger partial charge in [-0.3, -0.25) is 9.59 Å². The van der Waals surface area contributed by atoms with Crippen molar-refractivity contribution in [2.75, 3.05) is 13.1 Å². The van der Waals surface area contributed by atoms with Gasteiger partial charge in [-0.05, 0) is 37.8 Å². The molecule has 0 spiro atoms. The lowest BCUT2D eigenvalue weighted by Gasteiger charge is -2.23. The lowest BCUT2D eigenvalue weighted by Crippen LogP contribution is -2.37. The van der Waals surface area contributed by atoms with Crippen molar-refractivity contribution in [1.82, 2.24) is 4.90 Å². The van der Waals surface area contributed by atoms with Crippen molar-refractivity contribution in [2.45, 2.75) is 33.1 Å². The molecule has 1 aliphatic rings. The van der Waals surface area contributed by atoms with Crippen LogP contribution < -0.4 is 0 Å². The monoisotopic (exact) mass is 307 g/mol. The molecule has 1 amide bonds. The molecule has 120 valence electrons. The number of carboxylic acid groups (broad SMARTS) is 1. The molecule has 4 nitrogen and oxygen atoms in total. The summed E-state index contributed by atoms with van der Waals surface area (Å²) in [6.07, 6.45) is 1.54. The van der Waals surface area contributed by atoms with Gasteiger partial charge in [0.1, 0.15) is 5.82 Å². The molecule has 22 heavy (non-hydrogen) atoms. The third-order valence-electron chi connectivity index (χ3n) is 4.53. The van der Waals surface area contributed by atoms with E-state index < -0.39 is 11.4 Å². The molecular weight excluding hydrogens is 285 g/mol. The zero-order chi connectivity index (χ0) is 16.3. The van der Waals surface area contributed by atoms with Gasteiger partial charge >= 0.3 is 5.97 Å². The maximum atomic E-state index is 13.6. The van der Waals surface area contributed by atoms with Gasteiger partial charge in [-0.2, -0.15) is 0 Å². The van der Waals surface area contributed by atoms with Gasteiger partial charge in [-0.15, -0.1) is 0 Å². The van der Waals surface area contributed by atoms with Crippen LogP contribution in [-0.4, -0.2) is 35.0 Å². The SMILES string of the molecule is C[C@@H](CCc1ccccc1F)C(=O)N1CC[C@@](C)(C(=O)O)C1. The largest absolute Gasteiger partial charge is 0.481 e. The molecule has 5 heteroatoms. The minimum absolute atomic E-state index is 0.0404. The number of rotatable bonds is 5. The predicted molar refractivity (Wildman–Crippen MR) is 80.8 cm³/mol. The first kappa shape index (κ1) is 16.5. The first-order valence-electron chi connectivity index (χ1n) is 7.59. The van der Waals surface area contributed by atoms with Crippen molar-refractivity contribution in [3.05, 3.63) is 35.6 Å². The highest BCUT2D eigenvalue weighted by Crippen LogP contribution is 2.31. The standard InChI is InChI=1S/C17H22FNO3/c1-12(7-8-13-5-3-4-6-14(13)18)15(20)19-10-9-17(2,11-19)16(21)22/h3-6,12H,7-11H2,1-2H3,(H,21,22)/t12-,17+/m0/s1. The lowest BCUT2D eigenvalue weighted by atomic mass is 9.90. The summed E-state index contributed by atoms with van der Waals surface area (Å²) >= 11 is 0. The van der Waals surface area contributed by atoms with E-state index in [9.17, 15) is 19.1 Å². The Morgan fingerprint density at radius 1 is 1.41 bits per heavy atom. The van der Waals surface area contributed by atoms with Gasteiger partial charge in [0.2, 0.25) is 5.91 Å². The highest BCUT2D eigenvalue weighted by Gasteiger charge is 2.42. The Bertz CT molecular complexity index is 575. The third kappa shape index (κ3) is 3.46. The second kappa shape index (κ2) is 6.46. The Kier molecular flexibility index (Phi) is 4.84. The number of hydrogen-bond donors (Lipinski definition) is 1. The molecule has 1 heterocycles. The van der Waals surface area contributed by atoms with Gasteiger partial charge in [-0.25, -0.2) is 4.39 Å². The molecule has 0 aromatic heterocycles. The molecule has 1 aromatic rings. The summed E-state index contributed by atoms with van der Waals surface area (Å²) in [5.41, 5.74) is -0.236. The van der Waals surface area contributed by atoms with E-state index in [-0.39, 0.29) is 24.2 Å². The second-order valence-electron chi connectivity index (χ2n) is 6.41. The fraction of sp³-hybridized carbons (Fsp3) is 0.529. The van der Waals surface area contributed by atoms with Crippen molar-refractivity contribution in [1.29, 1.82) is 0 Å². The van der Waals surface area contributed by atoms with Crippen LogP contribution in [0.4, 0.5) is 4.39 Å². The highest BCUT2D eigenvalue weighted by atomic mass is 19.1. The van der Waals surface area contributed by atoms with Crippen LogP contribution in [0.5, 0.6) is 0 Å². The number of aryl methyl sites for hydroxylation is 1. The van der Waals surface area contributed by atoms with Crippen molar-refractivity contribution in [2.24, 2.45) is 11.3 Å². The third-order valence-corrected chi connectivity index (χ3v) is 4.53. The van der Waals surface area contributed by atoms with Gasteiger partial charge in [0, 0.05) is 19.0 Å². The van der Waals surface area contributed by atoms with Crippen molar-refractivity contribution >= 4 is 11.9 Å². The smallest absolute Gasteiger partial charge is 0.311 e. The highest BCUT2D eigenvalue weighted by molar-refractivity contribution is 5.81. The number of aliphatic carboxylic acids is 1. The van der Waals surface area contributed by atoms with Crippen LogP contribution in [-0.2, 0) is 16.0 Å². The molecule has 2 rings (SSSR count). The summed E-state index contributed by atoms with van der Waals surface area (Å²) in [5, 5.41) is 9.21. The number of carbonyl (C=O) groups is 2. The quantitative estimate of drug-likeness (QED) is 0.910. The summed E-state index contributed by atoms with van der Waals surface area (Å²) in [6.45, 7) is 4.23. The minimum atomic E-state index is -0.859. The Labute approximate surface area is 129 Å². The van der Waals surface area contributed by atoms with Crippen molar-refractivity contribution < 1.29 is 19.1 Å². The van der Waals surface area contributed by atoms with E-state index >= 15 is 0 Å². The van der Waals surface area contributed by atoms with E-state index in [0.717, 1.165) is 0 Å². The Balaban J connectivity index is 1.91. The van der Waals surface area contributed by atoms with Gasteiger partial charge < -0.3 is 10.0 Å². The van der Waals surface area contributed by atoms with Crippen molar-refractivity contribution in [3.8, 4) is 0 Å². The number of amides is 1. The summed E-state index contributed by atoms with van der Waals surface area (Å²) in [7, 11) is 0. The van der Waals surface area contributed by atoms with E-state index in [4.69, 9.17) is 0 Å². The maximum absolute atomic E-state index is 13.6. The number of benzene rings is 1. The van der Waals surface area contributed by atoms with Crippen molar-refractivity contribution in [3.63, 3.8) is 0 Å². The van der Waals surface area contributed by atoms with Crippen LogP contribution in [0.15, 0.2) is 24.3 Å². The lowest BCUT2D eigenvalue weighted by molar-refractivity contribution is -0.147. The number of carbonyl (C=O) groups excluding carboxylic acids is 1. The maximum Gasteiger partial charge on any atom is 0.311 e. The fourth-order valence-corrected chi connectivity index (χ4v) is 2.83. The summed E-state index contributed by atoms with van der Waals surface area (Å²) in [4.78, 5) is 25.3. The van der Waals surface area contributed by atoms with Gasteiger partial charge in [0.15, 0.2) is 0 Å². The Morgan fingerprint density at radius 2 is 2.09 bits per heavy atom. The number of likely N-dealkylation sites (tertiary alicyclic amines) is 1. The first-order valence-corrected chi connectivity index (χ1v) is 7.59. The van der Waals surface area contributed by atoms with E-state index in [1.165, 1.54) is 6.07 Å². The molecule has 0 unspecified atom stereocenters. The molecule has 1 fully saturated rings. The van der Waals surface area contributed by atoms with E-state index in [0.29, 0.717) is 31.4 Å². The minimum Gasteiger partial charge on any atom is -0.481 e. The molecule has 0 saturated carbocycles. The molecule has 1 aliphatic heterocycles. The number of halogens is 1. The Hall–Kier alpha value is -1.91. The van der Waals surface area contributed by atoms with Crippen LogP contribution in [0, 0.1) is 17.2 Å². The normalized spacial score (nSPS) is 22.6. The van der Waals surface area contributed by atoms with Crippen LogP contribution in [0.3, 0.4) is 0 Å². The van der Waals surface area contributed by atoms with Crippen LogP contribution >= 0.6 is 0 Å². The molecule has 1 saturated heterocycles. The van der Waals surface area contributed by atoms with Crippen LogP contribution in [0.1, 0.15) is 32.3 Å². The zero-order valence-electron chi connectivity index (χ0n) is 13.0. The summed E-state index contributed by atoms with van der Waals surface area (Å²) in [6, 6.07) is 6.57. The topological polar surface area (TPSA) is 57.6 Å². The zero-order valence-corrected chi connectivity index (χ0v) is 13.0. The summed E-state index contributed by atoms with van der Waals surface area (Å²) < 4.78 is 13.6. The van der Waals surface area contributed by atoms with Gasteiger partial charge in [0.05, 0.1) is 5.41 Å². The van der Waals surface area contributed by atoms with Crippen LogP contribution in [0.2, 0.25) is 0 Å². The number of nitrogens with zero attached hydrogens (tertiary/aromatic N) is 1. The average molecular weight is 307 g/mol. The van der Waals surface area contributed by atoms with E-state index in [1.807, 2.05) is 6.92 Å². The van der Waals surface area contributed by atoms with Gasteiger partial charge in [-0.1, -0.05) is 25.1 Å². The van der Waals surface area contributed by atoms with E-state index in [1.54, 1.807) is 30.0 Å². The predicted octanol–water partition coefficient (Wildman–Crippen LogP) is 2.72. The molecule has 0 radical (unpaired) electrons. The fourth-order valence-electron chi connectivity index (χ4n) is 2.83. The second-order valence-corrected chi connectivity index (χ2v) is 6.41. The van der Waals surface area contributed by atoms with Crippen LogP contribution in [0.25, 0.3) is 0 Å². The molecular formula is C17H22FNO3. The summed E-state index contributed by atoms with van der Waals surface area (Å²) in [5.74, 6) is -1.39. The molecule has 2 atom stereocenters. The molecule has 0 aliphatic carbocycles. The molecule has 0 bridgehead atoms. The molecule has 1 N–H and O–H groups in total. The molecule has 1 aromatic carbocycles. The van der Waals surface area contributed by atoms with Gasteiger partial charge in [0.25, 0.3) is 0 Å². The Morgan fingerprint density at radius 3 is 2.68 bits per heavy atom. The first-order chi connectivity index (χ1) is 10.3. The number of hydrogen-bond acceptors (Lipinski definition) is 2. The average Bonchev–Trinajstić information content (AvgIpc) is 2.89.